The van der Waals surface area contributed by atoms with Gasteiger partial charge in [0.1, 0.15) is 17.5 Å². The van der Waals surface area contributed by atoms with Gasteiger partial charge in [0.05, 0.1) is 5.56 Å². The summed E-state index contributed by atoms with van der Waals surface area (Å²) in [6.45, 7) is 5.46. The molecule has 0 spiro atoms. The van der Waals surface area contributed by atoms with Crippen LogP contribution in [0.25, 0.3) is 0 Å². The Morgan fingerprint density at radius 1 is 1.18 bits per heavy atom. The zero-order valence-electron chi connectivity index (χ0n) is 13.0. The molecule has 0 aliphatic heterocycles. The van der Waals surface area contributed by atoms with Gasteiger partial charge >= 0.3 is 12.1 Å². The van der Waals surface area contributed by atoms with Gasteiger partial charge in [-0.3, -0.25) is 0 Å². The Hall–Kier alpha value is -2.24. The lowest BCUT2D eigenvalue weighted by Gasteiger charge is -2.36. The lowest BCUT2D eigenvalue weighted by Crippen LogP contribution is -2.50. The van der Waals surface area contributed by atoms with Crippen molar-refractivity contribution in [3.63, 3.8) is 0 Å². The standard InChI is InChI=1S/C16H21NO5/c1-16(2,3)22-15(20)17-11-8-13(9-11)21-12-6-4-10(5-7-12)14(18)19/h4-7,11,13H,8-9H2,1-3H3,(H,17,20)(H,18,19)/t11-,13+. The summed E-state index contributed by atoms with van der Waals surface area (Å²) in [6, 6.07) is 6.34. The number of carbonyl (C=O) groups is 2. The van der Waals surface area contributed by atoms with Gasteiger partial charge in [0.25, 0.3) is 0 Å². The SMILES string of the molecule is CC(C)(C)OC(=O)N[C@H]1C[C@@H](Oc2ccc(C(=O)O)cc2)C1. The average Bonchev–Trinajstić information content (AvgIpc) is 2.34. The number of amides is 1. The maximum atomic E-state index is 11.6. The molecule has 2 rings (SSSR count). The molecule has 1 saturated carbocycles. The molecule has 0 radical (unpaired) electrons. The highest BCUT2D eigenvalue weighted by atomic mass is 16.6. The summed E-state index contributed by atoms with van der Waals surface area (Å²) in [5, 5.41) is 11.6. The predicted molar refractivity (Wildman–Crippen MR) is 80.2 cm³/mol. The van der Waals surface area contributed by atoms with Crippen LogP contribution >= 0.6 is 0 Å². The van der Waals surface area contributed by atoms with E-state index in [1.807, 2.05) is 20.8 Å². The summed E-state index contributed by atoms with van der Waals surface area (Å²) in [6.07, 6.45) is 1.03. The number of carboxylic acid groups (broad SMARTS) is 1. The van der Waals surface area contributed by atoms with E-state index in [1.165, 1.54) is 12.1 Å². The third-order valence-corrected chi connectivity index (χ3v) is 3.22. The molecule has 0 aromatic heterocycles. The van der Waals surface area contributed by atoms with E-state index >= 15 is 0 Å². The molecule has 1 aliphatic carbocycles. The van der Waals surface area contributed by atoms with Crippen LogP contribution in [-0.2, 0) is 4.74 Å². The van der Waals surface area contributed by atoms with Gasteiger partial charge in [0.2, 0.25) is 0 Å². The molecule has 1 aromatic carbocycles. The van der Waals surface area contributed by atoms with Crippen LogP contribution in [-0.4, -0.2) is 34.9 Å². The van der Waals surface area contributed by atoms with Crippen molar-refractivity contribution in [1.82, 2.24) is 5.32 Å². The molecule has 6 heteroatoms. The summed E-state index contributed by atoms with van der Waals surface area (Å²) >= 11 is 0. The van der Waals surface area contributed by atoms with Gasteiger partial charge < -0.3 is 19.9 Å². The molecule has 0 bridgehead atoms. The third-order valence-electron chi connectivity index (χ3n) is 3.22. The number of ether oxygens (including phenoxy) is 2. The van der Waals surface area contributed by atoms with Gasteiger partial charge in [-0.15, -0.1) is 0 Å². The number of benzene rings is 1. The number of alkyl carbamates (subject to hydrolysis) is 1. The summed E-state index contributed by atoms with van der Waals surface area (Å²) in [5.41, 5.74) is -0.277. The average molecular weight is 307 g/mol. The van der Waals surface area contributed by atoms with E-state index in [9.17, 15) is 9.59 Å². The number of rotatable bonds is 4. The molecule has 2 N–H and O–H groups in total. The molecule has 22 heavy (non-hydrogen) atoms. The second kappa shape index (κ2) is 6.25. The molecular weight excluding hydrogens is 286 g/mol. The first-order valence-electron chi connectivity index (χ1n) is 7.22. The van der Waals surface area contributed by atoms with Crippen LogP contribution in [0.15, 0.2) is 24.3 Å². The number of carboxylic acids is 1. The van der Waals surface area contributed by atoms with E-state index in [0.717, 1.165) is 0 Å². The first-order chi connectivity index (χ1) is 10.2. The zero-order valence-corrected chi connectivity index (χ0v) is 13.0. The van der Waals surface area contributed by atoms with E-state index in [0.29, 0.717) is 18.6 Å². The fourth-order valence-corrected chi connectivity index (χ4v) is 2.12. The molecular formula is C16H21NO5. The molecule has 6 nitrogen and oxygen atoms in total. The van der Waals surface area contributed by atoms with E-state index < -0.39 is 17.7 Å². The van der Waals surface area contributed by atoms with Crippen molar-refractivity contribution in [2.45, 2.75) is 51.4 Å². The molecule has 0 atom stereocenters. The molecule has 1 aromatic rings. The van der Waals surface area contributed by atoms with Gasteiger partial charge in [0.15, 0.2) is 0 Å². The Morgan fingerprint density at radius 2 is 1.77 bits per heavy atom. The van der Waals surface area contributed by atoms with Crippen molar-refractivity contribution in [3.8, 4) is 5.75 Å². The monoisotopic (exact) mass is 307 g/mol. The highest BCUT2D eigenvalue weighted by Crippen LogP contribution is 2.26. The van der Waals surface area contributed by atoms with Crippen LogP contribution < -0.4 is 10.1 Å². The molecule has 120 valence electrons. The van der Waals surface area contributed by atoms with Crippen LogP contribution in [0.2, 0.25) is 0 Å². The maximum Gasteiger partial charge on any atom is 0.407 e. The Bertz CT molecular complexity index is 541. The first kappa shape index (κ1) is 16.1. The minimum Gasteiger partial charge on any atom is -0.490 e. The Labute approximate surface area is 129 Å². The van der Waals surface area contributed by atoms with Gasteiger partial charge in [-0.25, -0.2) is 9.59 Å². The van der Waals surface area contributed by atoms with Crippen molar-refractivity contribution in [3.05, 3.63) is 29.8 Å². The zero-order chi connectivity index (χ0) is 16.3. The summed E-state index contributed by atoms with van der Waals surface area (Å²) < 4.78 is 10.9. The van der Waals surface area contributed by atoms with Crippen molar-refractivity contribution in [1.29, 1.82) is 0 Å². The second-order valence-corrected chi connectivity index (χ2v) is 6.38. The summed E-state index contributed by atoms with van der Waals surface area (Å²) in [4.78, 5) is 22.4. The quantitative estimate of drug-likeness (QED) is 0.893. The fraction of sp³-hybridized carbons (Fsp3) is 0.500. The number of aromatic carboxylic acids is 1. The molecule has 1 aliphatic rings. The predicted octanol–water partition coefficient (Wildman–Crippen LogP) is 2.82. The molecule has 1 amide bonds. The maximum absolute atomic E-state index is 11.6. The summed E-state index contributed by atoms with van der Waals surface area (Å²) in [5.74, 6) is -0.331. The third kappa shape index (κ3) is 4.65. The number of nitrogens with one attached hydrogen (secondary N) is 1. The molecule has 0 saturated heterocycles. The Morgan fingerprint density at radius 3 is 2.27 bits per heavy atom. The van der Waals surface area contributed by atoms with E-state index in [2.05, 4.69) is 5.32 Å². The van der Waals surface area contributed by atoms with Gasteiger partial charge in [-0.1, -0.05) is 0 Å². The van der Waals surface area contributed by atoms with E-state index in [1.54, 1.807) is 12.1 Å². The van der Waals surface area contributed by atoms with Gasteiger partial charge in [0, 0.05) is 18.9 Å². The minimum absolute atomic E-state index is 0.0237. The lowest BCUT2D eigenvalue weighted by atomic mass is 9.89. The molecule has 0 unspecified atom stereocenters. The van der Waals surface area contributed by atoms with Gasteiger partial charge in [-0.05, 0) is 45.0 Å². The normalized spacial score (nSPS) is 20.7. The van der Waals surface area contributed by atoms with Crippen LogP contribution in [0.3, 0.4) is 0 Å². The first-order valence-corrected chi connectivity index (χ1v) is 7.22. The van der Waals surface area contributed by atoms with Crippen molar-refractivity contribution >= 4 is 12.1 Å². The van der Waals surface area contributed by atoms with Crippen molar-refractivity contribution in [2.24, 2.45) is 0 Å². The summed E-state index contributed by atoms with van der Waals surface area (Å²) in [7, 11) is 0. The number of hydrogen-bond acceptors (Lipinski definition) is 4. The Kier molecular flexibility index (Phi) is 4.59. The Balaban J connectivity index is 1.73. The topological polar surface area (TPSA) is 84.9 Å². The fourth-order valence-electron chi connectivity index (χ4n) is 2.12. The van der Waals surface area contributed by atoms with Crippen molar-refractivity contribution < 1.29 is 24.2 Å². The van der Waals surface area contributed by atoms with Crippen LogP contribution in [0.4, 0.5) is 4.79 Å². The molecule has 0 heterocycles. The number of hydrogen-bond donors (Lipinski definition) is 2. The second-order valence-electron chi connectivity index (χ2n) is 6.38. The smallest absolute Gasteiger partial charge is 0.407 e. The van der Waals surface area contributed by atoms with E-state index in [4.69, 9.17) is 14.6 Å². The minimum atomic E-state index is -0.961. The van der Waals surface area contributed by atoms with Crippen LogP contribution in [0.1, 0.15) is 44.0 Å². The highest BCUT2D eigenvalue weighted by molar-refractivity contribution is 5.87. The van der Waals surface area contributed by atoms with Gasteiger partial charge in [-0.2, -0.15) is 0 Å². The van der Waals surface area contributed by atoms with E-state index in [-0.39, 0.29) is 17.7 Å². The van der Waals surface area contributed by atoms with Crippen LogP contribution in [0.5, 0.6) is 5.75 Å². The highest BCUT2D eigenvalue weighted by Gasteiger charge is 2.33. The van der Waals surface area contributed by atoms with Crippen molar-refractivity contribution in [2.75, 3.05) is 0 Å². The largest absolute Gasteiger partial charge is 0.490 e. The molecule has 1 fully saturated rings. The van der Waals surface area contributed by atoms with Crippen LogP contribution in [0, 0.1) is 0 Å². The lowest BCUT2D eigenvalue weighted by molar-refractivity contribution is 0.0362. The number of carbonyl (C=O) groups excluding carboxylic acids is 1.